The van der Waals surface area contributed by atoms with Gasteiger partial charge in [0.2, 0.25) is 0 Å². The zero-order chi connectivity index (χ0) is 15.3. The number of rotatable bonds is 6. The summed E-state index contributed by atoms with van der Waals surface area (Å²) in [5.41, 5.74) is 0. The number of benzene rings is 2. The fourth-order valence-electron chi connectivity index (χ4n) is 2.57. The van der Waals surface area contributed by atoms with Gasteiger partial charge in [-0.05, 0) is 17.3 Å². The molecule has 2 aromatic rings. The molecule has 0 saturated heterocycles. The summed E-state index contributed by atoms with van der Waals surface area (Å²) in [5.74, 6) is 0.0702. The molecule has 21 heavy (non-hydrogen) atoms. The van der Waals surface area contributed by atoms with Gasteiger partial charge in [-0.2, -0.15) is 0 Å². The Labute approximate surface area is 126 Å². The van der Waals surface area contributed by atoms with Gasteiger partial charge in [0.1, 0.15) is 11.2 Å². The normalized spacial score (nSPS) is 11.1. The molecule has 2 nitrogen and oxygen atoms in total. The third-order valence-electron chi connectivity index (χ3n) is 3.96. The van der Waals surface area contributed by atoms with Crippen molar-refractivity contribution >= 4 is 29.6 Å². The Morgan fingerprint density at radius 2 is 1.24 bits per heavy atom. The monoisotopic (exact) mass is 296 g/mol. The molecule has 0 aliphatic heterocycles. The van der Waals surface area contributed by atoms with E-state index in [9.17, 15) is 9.59 Å². The summed E-state index contributed by atoms with van der Waals surface area (Å²) in [7, 11) is -2.46. The summed E-state index contributed by atoms with van der Waals surface area (Å²) in [6, 6.07) is 19.9. The highest BCUT2D eigenvalue weighted by Crippen LogP contribution is 2.11. The molecule has 0 atom stereocenters. The van der Waals surface area contributed by atoms with Gasteiger partial charge in [-0.3, -0.25) is 0 Å². The Bertz CT molecular complexity index is 581. The van der Waals surface area contributed by atoms with Crippen molar-refractivity contribution < 1.29 is 9.59 Å². The highest BCUT2D eigenvalue weighted by atomic mass is 28.3. The molecule has 0 heterocycles. The number of hydrogen-bond acceptors (Lipinski definition) is 2. The largest absolute Gasteiger partial charge is 0.305 e. The van der Waals surface area contributed by atoms with Crippen LogP contribution in [0, 0.1) is 0 Å². The summed E-state index contributed by atoms with van der Waals surface area (Å²) in [5, 5.41) is 2.42. The third-order valence-corrected chi connectivity index (χ3v) is 8.31. The predicted molar refractivity (Wildman–Crippen MR) is 88.7 cm³/mol. The second kappa shape index (κ2) is 6.63. The van der Waals surface area contributed by atoms with Gasteiger partial charge in [0.15, 0.2) is 8.07 Å². The first-order chi connectivity index (χ1) is 10.0. The molecule has 0 radical (unpaired) electrons. The summed E-state index contributed by atoms with van der Waals surface area (Å²) in [4.78, 5) is 24.1. The molecule has 0 bridgehead atoms. The van der Waals surface area contributed by atoms with Gasteiger partial charge in [0.25, 0.3) is 0 Å². The Morgan fingerprint density at radius 3 is 1.62 bits per heavy atom. The van der Waals surface area contributed by atoms with Gasteiger partial charge in [-0.15, -0.1) is 0 Å². The second-order valence-corrected chi connectivity index (χ2v) is 9.44. The van der Waals surface area contributed by atoms with Crippen LogP contribution in [0.15, 0.2) is 60.7 Å². The molecule has 108 valence electrons. The summed E-state index contributed by atoms with van der Waals surface area (Å²) < 4.78 is 0. The fraction of sp³-hybridized carbons (Fsp3) is 0.222. The summed E-state index contributed by atoms with van der Waals surface area (Å²) in [6.45, 7) is 3.62. The van der Waals surface area contributed by atoms with Crippen molar-refractivity contribution in [1.82, 2.24) is 0 Å². The van der Waals surface area contributed by atoms with E-state index < -0.39 is 8.07 Å². The van der Waals surface area contributed by atoms with Crippen molar-refractivity contribution in [2.24, 2.45) is 0 Å². The van der Waals surface area contributed by atoms with Gasteiger partial charge in [-0.1, -0.05) is 67.2 Å². The van der Waals surface area contributed by atoms with Crippen molar-refractivity contribution in [3.63, 3.8) is 0 Å². The van der Waals surface area contributed by atoms with Crippen molar-refractivity contribution in [2.45, 2.75) is 26.3 Å². The van der Waals surface area contributed by atoms with E-state index in [4.69, 9.17) is 0 Å². The van der Waals surface area contributed by atoms with Gasteiger partial charge in [0.05, 0.1) is 0 Å². The lowest BCUT2D eigenvalue weighted by molar-refractivity contribution is -0.120. The SMILES string of the molecule is CC(=O)CCC(=O)[Si](C)(c1ccccc1)c1ccccc1. The Kier molecular flexibility index (Phi) is 4.86. The zero-order valence-electron chi connectivity index (χ0n) is 12.5. The summed E-state index contributed by atoms with van der Waals surface area (Å²) >= 11 is 0. The highest BCUT2D eigenvalue weighted by Gasteiger charge is 2.39. The number of hydrogen-bond donors (Lipinski definition) is 0. The first-order valence-corrected chi connectivity index (χ1v) is 9.69. The molecule has 0 aliphatic carbocycles. The maximum absolute atomic E-state index is 12.9. The van der Waals surface area contributed by atoms with Crippen molar-refractivity contribution in [2.75, 3.05) is 0 Å². The van der Waals surface area contributed by atoms with E-state index in [2.05, 4.69) is 6.55 Å². The minimum absolute atomic E-state index is 0.0702. The number of ketones is 1. The van der Waals surface area contributed by atoms with E-state index in [-0.39, 0.29) is 11.2 Å². The van der Waals surface area contributed by atoms with E-state index in [0.29, 0.717) is 12.8 Å². The molecule has 2 rings (SSSR count). The molecular formula is C18H20O2Si. The van der Waals surface area contributed by atoms with E-state index in [0.717, 1.165) is 10.4 Å². The lowest BCUT2D eigenvalue weighted by Crippen LogP contribution is -2.62. The van der Waals surface area contributed by atoms with Crippen LogP contribution >= 0.6 is 0 Å². The van der Waals surface area contributed by atoms with Crippen LogP contribution in [0.1, 0.15) is 19.8 Å². The summed E-state index contributed by atoms with van der Waals surface area (Å²) in [6.07, 6.45) is 0.670. The number of carbonyl (C=O) groups excluding carboxylic acids is 2. The lowest BCUT2D eigenvalue weighted by atomic mass is 10.2. The average Bonchev–Trinajstić information content (AvgIpc) is 2.53. The molecule has 0 unspecified atom stereocenters. The van der Waals surface area contributed by atoms with Crippen molar-refractivity contribution in [3.05, 3.63) is 60.7 Å². The topological polar surface area (TPSA) is 34.1 Å². The van der Waals surface area contributed by atoms with Crippen LogP contribution in [0.25, 0.3) is 0 Å². The predicted octanol–water partition coefficient (Wildman–Crippen LogP) is 2.36. The molecule has 0 saturated carbocycles. The smallest absolute Gasteiger partial charge is 0.190 e. The molecule has 2 aromatic carbocycles. The molecule has 0 amide bonds. The van der Waals surface area contributed by atoms with Crippen LogP contribution in [0.2, 0.25) is 6.55 Å². The maximum atomic E-state index is 12.9. The Balaban J connectivity index is 2.45. The average molecular weight is 296 g/mol. The van der Waals surface area contributed by atoms with Gasteiger partial charge >= 0.3 is 0 Å². The van der Waals surface area contributed by atoms with Crippen LogP contribution < -0.4 is 10.4 Å². The Hall–Kier alpha value is -2.00. The van der Waals surface area contributed by atoms with Gasteiger partial charge < -0.3 is 9.59 Å². The first-order valence-electron chi connectivity index (χ1n) is 7.19. The molecule has 0 N–H and O–H groups in total. The molecule has 0 fully saturated rings. The van der Waals surface area contributed by atoms with Crippen LogP contribution in [-0.2, 0) is 9.59 Å². The van der Waals surface area contributed by atoms with Gasteiger partial charge in [0, 0.05) is 12.8 Å². The van der Waals surface area contributed by atoms with Gasteiger partial charge in [-0.25, -0.2) is 0 Å². The molecular weight excluding hydrogens is 276 g/mol. The Morgan fingerprint density at radius 1 is 0.810 bits per heavy atom. The quantitative estimate of drug-likeness (QED) is 0.767. The molecule has 0 spiro atoms. The first kappa shape index (κ1) is 15.4. The highest BCUT2D eigenvalue weighted by molar-refractivity contribution is 7.21. The minimum Gasteiger partial charge on any atom is -0.305 e. The zero-order valence-corrected chi connectivity index (χ0v) is 13.5. The van der Waals surface area contributed by atoms with E-state index >= 15 is 0 Å². The molecule has 0 aliphatic rings. The third kappa shape index (κ3) is 3.36. The van der Waals surface area contributed by atoms with Crippen molar-refractivity contribution in [1.29, 1.82) is 0 Å². The van der Waals surface area contributed by atoms with Crippen molar-refractivity contribution in [3.8, 4) is 0 Å². The second-order valence-electron chi connectivity index (χ2n) is 5.48. The lowest BCUT2D eigenvalue weighted by Gasteiger charge is -2.27. The van der Waals surface area contributed by atoms with E-state index in [1.165, 1.54) is 6.92 Å². The van der Waals surface area contributed by atoms with Crippen LogP contribution in [-0.4, -0.2) is 19.3 Å². The molecule has 3 heteroatoms. The molecule has 0 aromatic heterocycles. The standard InChI is InChI=1S/C18H20O2Si/c1-15(19)13-14-18(20)21(2,16-9-5-3-6-10-16)17-11-7-4-8-12-17/h3-12H,13-14H2,1-2H3. The maximum Gasteiger partial charge on any atom is 0.190 e. The number of carbonyl (C=O) groups is 2. The van der Waals surface area contributed by atoms with Crippen LogP contribution in [0.3, 0.4) is 0 Å². The van der Waals surface area contributed by atoms with E-state index in [1.807, 2.05) is 60.7 Å². The van der Waals surface area contributed by atoms with Crippen LogP contribution in [0.4, 0.5) is 0 Å². The minimum atomic E-state index is -2.46. The van der Waals surface area contributed by atoms with E-state index in [1.54, 1.807) is 0 Å². The number of Topliss-reactive ketones (excluding diaryl/α,β-unsaturated/α-hetero) is 1. The fourth-order valence-corrected chi connectivity index (χ4v) is 5.89. The van der Waals surface area contributed by atoms with Crippen LogP contribution in [0.5, 0.6) is 0 Å².